The van der Waals surface area contributed by atoms with Gasteiger partial charge in [0.25, 0.3) is 0 Å². The SMILES string of the molecule is CC(C)n1ccnc1NCC1CC2CCC1C2. The van der Waals surface area contributed by atoms with Crippen LogP contribution in [-0.2, 0) is 0 Å². The van der Waals surface area contributed by atoms with Crippen molar-refractivity contribution < 1.29 is 0 Å². The van der Waals surface area contributed by atoms with Gasteiger partial charge >= 0.3 is 0 Å². The van der Waals surface area contributed by atoms with Crippen molar-refractivity contribution in [3.8, 4) is 0 Å². The molecule has 2 saturated carbocycles. The summed E-state index contributed by atoms with van der Waals surface area (Å²) in [6.45, 7) is 5.51. The Hall–Kier alpha value is -0.990. The third-order valence-electron chi connectivity index (χ3n) is 4.63. The fourth-order valence-electron chi connectivity index (χ4n) is 3.72. The van der Waals surface area contributed by atoms with Crippen LogP contribution in [0.2, 0.25) is 0 Å². The zero-order valence-electron chi connectivity index (χ0n) is 10.9. The number of nitrogens with one attached hydrogen (secondary N) is 1. The maximum absolute atomic E-state index is 4.41. The number of hydrogen-bond acceptors (Lipinski definition) is 2. The van der Waals surface area contributed by atoms with Crippen molar-refractivity contribution in [1.29, 1.82) is 0 Å². The maximum Gasteiger partial charge on any atom is 0.203 e. The van der Waals surface area contributed by atoms with Gasteiger partial charge in [-0.15, -0.1) is 0 Å². The molecule has 3 heteroatoms. The van der Waals surface area contributed by atoms with Crippen LogP contribution in [0.15, 0.2) is 12.4 Å². The van der Waals surface area contributed by atoms with Gasteiger partial charge < -0.3 is 9.88 Å². The first-order valence-electron chi connectivity index (χ1n) is 7.00. The van der Waals surface area contributed by atoms with E-state index in [4.69, 9.17) is 0 Å². The highest BCUT2D eigenvalue weighted by atomic mass is 15.2. The van der Waals surface area contributed by atoms with Gasteiger partial charge in [-0.3, -0.25) is 0 Å². The van der Waals surface area contributed by atoms with Gasteiger partial charge in [0.2, 0.25) is 5.95 Å². The highest BCUT2D eigenvalue weighted by Gasteiger charge is 2.39. The van der Waals surface area contributed by atoms with Crippen LogP contribution in [0.4, 0.5) is 5.95 Å². The number of imidazole rings is 1. The first-order chi connectivity index (χ1) is 8.24. The Morgan fingerprint density at radius 1 is 1.41 bits per heavy atom. The van der Waals surface area contributed by atoms with Crippen molar-refractivity contribution in [3.63, 3.8) is 0 Å². The van der Waals surface area contributed by atoms with E-state index in [2.05, 4.69) is 34.9 Å². The molecule has 3 nitrogen and oxygen atoms in total. The van der Waals surface area contributed by atoms with Gasteiger partial charge in [0.1, 0.15) is 0 Å². The summed E-state index contributed by atoms with van der Waals surface area (Å²) in [7, 11) is 0. The largest absolute Gasteiger partial charge is 0.355 e. The minimum atomic E-state index is 0.486. The molecule has 2 bridgehead atoms. The van der Waals surface area contributed by atoms with Crippen molar-refractivity contribution in [1.82, 2.24) is 9.55 Å². The van der Waals surface area contributed by atoms with Crippen molar-refractivity contribution in [3.05, 3.63) is 12.4 Å². The third kappa shape index (κ3) is 2.07. The first-order valence-corrected chi connectivity index (χ1v) is 7.00. The van der Waals surface area contributed by atoms with Crippen LogP contribution in [0.5, 0.6) is 0 Å². The lowest BCUT2D eigenvalue weighted by atomic mass is 9.89. The average Bonchev–Trinajstić information content (AvgIpc) is 3.01. The highest BCUT2D eigenvalue weighted by molar-refractivity contribution is 5.26. The molecule has 2 fully saturated rings. The summed E-state index contributed by atoms with van der Waals surface area (Å²) in [4.78, 5) is 4.41. The average molecular weight is 233 g/mol. The maximum atomic E-state index is 4.41. The van der Waals surface area contributed by atoms with Gasteiger partial charge in [0.05, 0.1) is 0 Å². The minimum Gasteiger partial charge on any atom is -0.355 e. The molecule has 0 spiro atoms. The van der Waals surface area contributed by atoms with E-state index < -0.39 is 0 Å². The van der Waals surface area contributed by atoms with Gasteiger partial charge in [0.15, 0.2) is 0 Å². The summed E-state index contributed by atoms with van der Waals surface area (Å²) >= 11 is 0. The molecule has 3 rings (SSSR count). The molecule has 0 saturated heterocycles. The predicted molar refractivity (Wildman–Crippen MR) is 70.0 cm³/mol. The zero-order valence-corrected chi connectivity index (χ0v) is 10.9. The van der Waals surface area contributed by atoms with E-state index in [1.807, 2.05) is 6.20 Å². The topological polar surface area (TPSA) is 29.9 Å². The summed E-state index contributed by atoms with van der Waals surface area (Å²) in [5.74, 6) is 3.97. The summed E-state index contributed by atoms with van der Waals surface area (Å²) in [5, 5.41) is 3.55. The third-order valence-corrected chi connectivity index (χ3v) is 4.63. The summed E-state index contributed by atoms with van der Waals surface area (Å²) in [5.41, 5.74) is 0. The number of nitrogens with zero attached hydrogens (tertiary/aromatic N) is 2. The van der Waals surface area contributed by atoms with Crippen LogP contribution in [-0.4, -0.2) is 16.1 Å². The van der Waals surface area contributed by atoms with Crippen molar-refractivity contribution in [2.75, 3.05) is 11.9 Å². The fraction of sp³-hybridized carbons (Fsp3) is 0.786. The summed E-state index contributed by atoms with van der Waals surface area (Å²) in [6.07, 6.45) is 9.85. The Balaban J connectivity index is 1.59. The quantitative estimate of drug-likeness (QED) is 0.864. The van der Waals surface area contributed by atoms with Crippen LogP contribution in [0.25, 0.3) is 0 Å². The molecule has 0 aromatic carbocycles. The van der Waals surface area contributed by atoms with Gasteiger partial charge in [-0.25, -0.2) is 4.98 Å². The second-order valence-corrected chi connectivity index (χ2v) is 6.07. The lowest BCUT2D eigenvalue weighted by Crippen LogP contribution is -2.21. The second kappa shape index (κ2) is 4.35. The summed E-state index contributed by atoms with van der Waals surface area (Å²) < 4.78 is 2.22. The molecule has 3 unspecified atom stereocenters. The van der Waals surface area contributed by atoms with E-state index in [0.29, 0.717) is 6.04 Å². The summed E-state index contributed by atoms with van der Waals surface area (Å²) in [6, 6.07) is 0.486. The predicted octanol–water partition coefficient (Wildman–Crippen LogP) is 3.31. The van der Waals surface area contributed by atoms with Gasteiger partial charge in [-0.2, -0.15) is 0 Å². The van der Waals surface area contributed by atoms with Crippen molar-refractivity contribution in [2.24, 2.45) is 17.8 Å². The number of fused-ring (bicyclic) bond motifs is 2. The molecule has 1 aromatic heterocycles. The Kier molecular flexibility index (Phi) is 2.85. The molecule has 0 amide bonds. The highest BCUT2D eigenvalue weighted by Crippen LogP contribution is 2.48. The van der Waals surface area contributed by atoms with Crippen molar-refractivity contribution in [2.45, 2.75) is 45.6 Å². The van der Waals surface area contributed by atoms with Crippen LogP contribution >= 0.6 is 0 Å². The fourth-order valence-corrected chi connectivity index (χ4v) is 3.72. The van der Waals surface area contributed by atoms with E-state index in [1.54, 1.807) is 0 Å². The van der Waals surface area contributed by atoms with E-state index in [0.717, 1.165) is 30.2 Å². The standard InChI is InChI=1S/C14H23N3/c1-10(2)17-6-5-15-14(17)16-9-13-8-11-3-4-12(13)7-11/h5-6,10-13H,3-4,7-9H2,1-2H3,(H,15,16). The molecule has 3 atom stereocenters. The number of anilines is 1. The first kappa shape index (κ1) is 11.1. The van der Waals surface area contributed by atoms with Crippen LogP contribution < -0.4 is 5.32 Å². The van der Waals surface area contributed by atoms with Crippen LogP contribution in [0, 0.1) is 17.8 Å². The molecule has 2 aliphatic rings. The van der Waals surface area contributed by atoms with E-state index >= 15 is 0 Å². The molecule has 1 N–H and O–H groups in total. The lowest BCUT2D eigenvalue weighted by molar-refractivity contribution is 0.347. The molecular weight excluding hydrogens is 210 g/mol. The Labute approximate surface area is 104 Å². The normalized spacial score (nSPS) is 31.4. The molecule has 2 aliphatic carbocycles. The molecule has 0 aliphatic heterocycles. The number of rotatable bonds is 4. The van der Waals surface area contributed by atoms with E-state index in [-0.39, 0.29) is 0 Å². The van der Waals surface area contributed by atoms with Gasteiger partial charge in [-0.1, -0.05) is 6.42 Å². The van der Waals surface area contributed by atoms with E-state index in [1.165, 1.54) is 25.7 Å². The molecule has 17 heavy (non-hydrogen) atoms. The number of aromatic nitrogens is 2. The number of hydrogen-bond donors (Lipinski definition) is 1. The molecule has 94 valence electrons. The van der Waals surface area contributed by atoms with Crippen molar-refractivity contribution >= 4 is 5.95 Å². The van der Waals surface area contributed by atoms with E-state index in [9.17, 15) is 0 Å². The Morgan fingerprint density at radius 2 is 2.29 bits per heavy atom. The van der Waals surface area contributed by atoms with Gasteiger partial charge in [-0.05, 0) is 50.9 Å². The Bertz CT molecular complexity index is 383. The lowest BCUT2D eigenvalue weighted by Gasteiger charge is -2.22. The second-order valence-electron chi connectivity index (χ2n) is 6.07. The van der Waals surface area contributed by atoms with Crippen LogP contribution in [0.3, 0.4) is 0 Å². The molecule has 0 radical (unpaired) electrons. The Morgan fingerprint density at radius 3 is 2.94 bits per heavy atom. The minimum absolute atomic E-state index is 0.486. The van der Waals surface area contributed by atoms with Crippen LogP contribution in [0.1, 0.15) is 45.6 Å². The molecular formula is C14H23N3. The monoisotopic (exact) mass is 233 g/mol. The zero-order chi connectivity index (χ0) is 11.8. The molecule has 1 aromatic rings. The smallest absolute Gasteiger partial charge is 0.203 e. The molecule has 1 heterocycles. The van der Waals surface area contributed by atoms with Gasteiger partial charge in [0, 0.05) is 25.0 Å².